The molecule has 2 aromatic carbocycles. The SMILES string of the molecule is COCCCNC(=O)[C@@H]1c2ccccc2C(=O)N(C)[C@@H]1c1ccc(OC)c(OC)c1. The number of hydrogen-bond donors (Lipinski definition) is 1. The normalized spacial score (nSPS) is 18.0. The zero-order chi connectivity index (χ0) is 21.7. The van der Waals surface area contributed by atoms with Crippen molar-refractivity contribution in [1.29, 1.82) is 0 Å². The van der Waals surface area contributed by atoms with Crippen molar-refractivity contribution in [2.75, 3.05) is 41.5 Å². The van der Waals surface area contributed by atoms with Crippen LogP contribution >= 0.6 is 0 Å². The van der Waals surface area contributed by atoms with Gasteiger partial charge < -0.3 is 24.4 Å². The molecule has 1 N–H and O–H groups in total. The molecule has 0 radical (unpaired) electrons. The van der Waals surface area contributed by atoms with Crippen LogP contribution in [-0.2, 0) is 9.53 Å². The summed E-state index contributed by atoms with van der Waals surface area (Å²) in [7, 11) is 6.49. The molecule has 1 heterocycles. The molecule has 0 aliphatic carbocycles. The van der Waals surface area contributed by atoms with Crippen molar-refractivity contribution >= 4 is 11.8 Å². The average molecular weight is 412 g/mol. The van der Waals surface area contributed by atoms with Crippen LogP contribution in [0, 0.1) is 0 Å². The van der Waals surface area contributed by atoms with Gasteiger partial charge in [0.2, 0.25) is 5.91 Å². The second-order valence-electron chi connectivity index (χ2n) is 7.18. The lowest BCUT2D eigenvalue weighted by atomic mass is 9.79. The van der Waals surface area contributed by atoms with Crippen LogP contribution in [0.3, 0.4) is 0 Å². The van der Waals surface area contributed by atoms with E-state index in [1.807, 2.05) is 30.3 Å². The molecule has 1 aliphatic rings. The predicted octanol–water partition coefficient (Wildman–Crippen LogP) is 2.77. The Kier molecular flexibility index (Phi) is 6.95. The van der Waals surface area contributed by atoms with Gasteiger partial charge in [-0.2, -0.15) is 0 Å². The van der Waals surface area contributed by atoms with E-state index in [4.69, 9.17) is 14.2 Å². The maximum absolute atomic E-state index is 13.3. The van der Waals surface area contributed by atoms with Crippen molar-refractivity contribution in [1.82, 2.24) is 10.2 Å². The molecule has 1 aliphatic heterocycles. The maximum Gasteiger partial charge on any atom is 0.254 e. The van der Waals surface area contributed by atoms with E-state index in [0.29, 0.717) is 36.6 Å². The van der Waals surface area contributed by atoms with Crippen molar-refractivity contribution in [3.05, 3.63) is 59.2 Å². The van der Waals surface area contributed by atoms with Crippen LogP contribution in [0.25, 0.3) is 0 Å². The summed E-state index contributed by atoms with van der Waals surface area (Å²) in [6, 6.07) is 12.3. The lowest BCUT2D eigenvalue weighted by molar-refractivity contribution is -0.124. The second kappa shape index (κ2) is 9.63. The number of methoxy groups -OCH3 is 3. The van der Waals surface area contributed by atoms with E-state index in [0.717, 1.165) is 11.1 Å². The van der Waals surface area contributed by atoms with Crippen molar-refractivity contribution < 1.29 is 23.8 Å². The van der Waals surface area contributed by atoms with Crippen molar-refractivity contribution in [3.63, 3.8) is 0 Å². The number of benzene rings is 2. The standard InChI is InChI=1S/C23H28N2O5/c1-25-21(15-10-11-18(29-3)19(14-15)30-4)20(22(26)24-12-7-13-28-2)16-8-5-6-9-17(16)23(25)27/h5-6,8-11,14,20-21H,7,12-13H2,1-4H3,(H,24,26)/t20-,21-/m1/s1. The Bertz CT molecular complexity index is 914. The van der Waals surface area contributed by atoms with Gasteiger partial charge in [-0.25, -0.2) is 0 Å². The van der Waals surface area contributed by atoms with Crippen molar-refractivity contribution in [3.8, 4) is 11.5 Å². The third-order valence-corrected chi connectivity index (χ3v) is 5.44. The molecule has 0 spiro atoms. The number of rotatable bonds is 8. The van der Waals surface area contributed by atoms with E-state index in [9.17, 15) is 9.59 Å². The van der Waals surface area contributed by atoms with Crippen molar-refractivity contribution in [2.24, 2.45) is 0 Å². The van der Waals surface area contributed by atoms with Crippen LogP contribution in [-0.4, -0.2) is 58.2 Å². The topological polar surface area (TPSA) is 77.1 Å². The van der Waals surface area contributed by atoms with Crippen LogP contribution in [0.15, 0.2) is 42.5 Å². The van der Waals surface area contributed by atoms with Gasteiger partial charge in [-0.15, -0.1) is 0 Å². The summed E-state index contributed by atoms with van der Waals surface area (Å²) in [4.78, 5) is 28.0. The maximum atomic E-state index is 13.3. The van der Waals surface area contributed by atoms with Gasteiger partial charge in [0.25, 0.3) is 5.91 Å². The first kappa shape index (κ1) is 21.6. The van der Waals surface area contributed by atoms with Crippen LogP contribution < -0.4 is 14.8 Å². The van der Waals surface area contributed by atoms with Crippen LogP contribution in [0.5, 0.6) is 11.5 Å². The third kappa shape index (κ3) is 4.11. The Balaban J connectivity index is 2.04. The zero-order valence-electron chi connectivity index (χ0n) is 17.8. The summed E-state index contributed by atoms with van der Waals surface area (Å²) in [5.74, 6) is 0.344. The van der Waals surface area contributed by atoms with E-state index < -0.39 is 12.0 Å². The lowest BCUT2D eigenvalue weighted by Crippen LogP contribution is -2.45. The Labute approximate surface area is 176 Å². The zero-order valence-corrected chi connectivity index (χ0v) is 17.8. The third-order valence-electron chi connectivity index (χ3n) is 5.44. The molecule has 3 rings (SSSR count). The van der Waals surface area contributed by atoms with Gasteiger partial charge in [-0.05, 0) is 35.7 Å². The fraction of sp³-hybridized carbons (Fsp3) is 0.391. The first-order chi connectivity index (χ1) is 14.5. The Morgan fingerprint density at radius 2 is 1.80 bits per heavy atom. The monoisotopic (exact) mass is 412 g/mol. The molecular formula is C23H28N2O5. The van der Waals surface area contributed by atoms with Gasteiger partial charge in [0.15, 0.2) is 11.5 Å². The molecule has 2 amide bonds. The smallest absolute Gasteiger partial charge is 0.254 e. The summed E-state index contributed by atoms with van der Waals surface area (Å²) in [6.07, 6.45) is 0.715. The van der Waals surface area contributed by atoms with Crippen LogP contribution in [0.2, 0.25) is 0 Å². The average Bonchev–Trinajstić information content (AvgIpc) is 2.78. The summed E-state index contributed by atoms with van der Waals surface area (Å²) in [5, 5.41) is 3.00. The number of likely N-dealkylation sites (N-methyl/N-ethyl adjacent to an activating group) is 1. The number of carbonyl (C=O) groups is 2. The molecule has 30 heavy (non-hydrogen) atoms. The van der Waals surface area contributed by atoms with Gasteiger partial charge in [0.05, 0.1) is 26.2 Å². The number of carbonyl (C=O) groups excluding carboxylic acids is 2. The number of nitrogens with zero attached hydrogens (tertiary/aromatic N) is 1. The van der Waals surface area contributed by atoms with E-state index in [2.05, 4.69) is 5.32 Å². The van der Waals surface area contributed by atoms with E-state index in [1.54, 1.807) is 45.4 Å². The molecule has 0 unspecified atom stereocenters. The van der Waals surface area contributed by atoms with Crippen LogP contribution in [0.1, 0.15) is 39.9 Å². The first-order valence-corrected chi connectivity index (χ1v) is 9.88. The quantitative estimate of drug-likeness (QED) is 0.675. The van der Waals surface area contributed by atoms with Gasteiger partial charge in [-0.3, -0.25) is 9.59 Å². The van der Waals surface area contributed by atoms with Gasteiger partial charge in [0, 0.05) is 32.9 Å². The summed E-state index contributed by atoms with van der Waals surface area (Å²) in [6.45, 7) is 1.07. The van der Waals surface area contributed by atoms with Gasteiger partial charge in [-0.1, -0.05) is 24.3 Å². The predicted molar refractivity (Wildman–Crippen MR) is 113 cm³/mol. The molecule has 0 bridgehead atoms. The molecule has 2 atom stereocenters. The molecule has 2 aromatic rings. The number of ether oxygens (including phenoxy) is 3. The minimum Gasteiger partial charge on any atom is -0.493 e. The highest BCUT2D eigenvalue weighted by molar-refractivity contribution is 6.01. The Morgan fingerprint density at radius 3 is 2.50 bits per heavy atom. The Morgan fingerprint density at radius 1 is 1.07 bits per heavy atom. The minimum absolute atomic E-state index is 0.117. The number of fused-ring (bicyclic) bond motifs is 1. The van der Waals surface area contributed by atoms with Crippen molar-refractivity contribution in [2.45, 2.75) is 18.4 Å². The minimum atomic E-state index is -0.551. The molecule has 7 heteroatoms. The highest BCUT2D eigenvalue weighted by Crippen LogP contribution is 2.43. The number of amides is 2. The highest BCUT2D eigenvalue weighted by atomic mass is 16.5. The molecule has 0 aromatic heterocycles. The summed E-state index contributed by atoms with van der Waals surface area (Å²) in [5.41, 5.74) is 2.08. The molecule has 0 saturated carbocycles. The number of hydrogen-bond acceptors (Lipinski definition) is 5. The largest absolute Gasteiger partial charge is 0.493 e. The highest BCUT2D eigenvalue weighted by Gasteiger charge is 2.42. The van der Waals surface area contributed by atoms with E-state index >= 15 is 0 Å². The fourth-order valence-electron chi connectivity index (χ4n) is 3.95. The molecule has 160 valence electrons. The summed E-state index contributed by atoms with van der Waals surface area (Å²) >= 11 is 0. The van der Waals surface area contributed by atoms with E-state index in [-0.39, 0.29) is 11.8 Å². The van der Waals surface area contributed by atoms with Crippen LogP contribution in [0.4, 0.5) is 0 Å². The second-order valence-corrected chi connectivity index (χ2v) is 7.18. The van der Waals surface area contributed by atoms with Gasteiger partial charge >= 0.3 is 0 Å². The van der Waals surface area contributed by atoms with E-state index in [1.165, 1.54) is 0 Å². The fourth-order valence-corrected chi connectivity index (χ4v) is 3.95. The molecule has 7 nitrogen and oxygen atoms in total. The molecule has 0 saturated heterocycles. The van der Waals surface area contributed by atoms with Gasteiger partial charge in [0.1, 0.15) is 0 Å². The lowest BCUT2D eigenvalue weighted by Gasteiger charge is -2.40. The summed E-state index contributed by atoms with van der Waals surface area (Å²) < 4.78 is 15.8. The Hall–Kier alpha value is -3.06. The molecular weight excluding hydrogens is 384 g/mol. The first-order valence-electron chi connectivity index (χ1n) is 9.88. The molecule has 0 fully saturated rings. The number of nitrogens with one attached hydrogen (secondary N) is 1.